The Bertz CT molecular complexity index is 887. The SMILES string of the molecule is CC(C)c1ccc(CNC(=O)N(C)C(=N)N)cc1S(C)(=O)=O.CS(=O)(=O)O. The molecule has 1 aromatic rings. The summed E-state index contributed by atoms with van der Waals surface area (Å²) in [6.07, 6.45) is 1.88. The molecule has 0 aliphatic rings. The van der Waals surface area contributed by atoms with Crippen LogP contribution in [-0.2, 0) is 26.5 Å². The van der Waals surface area contributed by atoms with E-state index in [0.29, 0.717) is 11.8 Å². The molecule has 27 heavy (non-hydrogen) atoms. The highest BCUT2D eigenvalue weighted by Crippen LogP contribution is 2.25. The van der Waals surface area contributed by atoms with Crippen molar-refractivity contribution in [3.8, 4) is 0 Å². The number of carbonyl (C=O) groups is 1. The first kappa shape index (κ1) is 24.8. The standard InChI is InChI=1S/C14H22N4O3S.CH4O3S/c1-9(2)11-6-5-10(7-12(11)22(4,20)21)8-17-14(19)18(3)13(15)16;1-5(2,3)4/h5-7,9H,8H2,1-4H3,(H3,15,16)(H,17,19);1H3,(H,2,3,4). The number of nitrogens with one attached hydrogen (secondary N) is 2. The molecule has 10 nitrogen and oxygen atoms in total. The molecule has 0 aromatic heterocycles. The molecule has 0 bridgehead atoms. The van der Waals surface area contributed by atoms with Crippen molar-refractivity contribution < 1.29 is 26.2 Å². The van der Waals surface area contributed by atoms with Crippen molar-refractivity contribution in [2.45, 2.75) is 31.2 Å². The van der Waals surface area contributed by atoms with E-state index < -0.39 is 26.0 Å². The van der Waals surface area contributed by atoms with E-state index in [1.165, 1.54) is 13.3 Å². The summed E-state index contributed by atoms with van der Waals surface area (Å²) in [7, 11) is -5.64. The third-order valence-corrected chi connectivity index (χ3v) is 4.36. The van der Waals surface area contributed by atoms with Crippen molar-refractivity contribution >= 4 is 31.9 Å². The fraction of sp³-hybridized carbons (Fsp3) is 0.467. The van der Waals surface area contributed by atoms with E-state index in [0.717, 1.165) is 10.5 Å². The van der Waals surface area contributed by atoms with Crippen molar-refractivity contribution in [2.75, 3.05) is 19.6 Å². The van der Waals surface area contributed by atoms with Crippen LogP contribution < -0.4 is 11.1 Å². The fourth-order valence-corrected chi connectivity index (χ4v) is 2.99. The fourth-order valence-electron chi connectivity index (χ4n) is 1.89. The number of benzene rings is 1. The van der Waals surface area contributed by atoms with Gasteiger partial charge in [-0.05, 0) is 23.1 Å². The van der Waals surface area contributed by atoms with E-state index in [2.05, 4.69) is 5.32 Å². The van der Waals surface area contributed by atoms with E-state index in [-0.39, 0.29) is 23.3 Å². The molecule has 0 aliphatic heterocycles. The number of nitrogens with zero attached hydrogens (tertiary/aromatic N) is 1. The van der Waals surface area contributed by atoms with Gasteiger partial charge in [0.05, 0.1) is 11.2 Å². The van der Waals surface area contributed by atoms with Gasteiger partial charge in [-0.15, -0.1) is 0 Å². The van der Waals surface area contributed by atoms with Gasteiger partial charge in [-0.25, -0.2) is 13.2 Å². The van der Waals surface area contributed by atoms with Gasteiger partial charge in [-0.3, -0.25) is 14.9 Å². The molecule has 0 heterocycles. The monoisotopic (exact) mass is 422 g/mol. The highest BCUT2D eigenvalue weighted by Gasteiger charge is 2.17. The molecule has 0 radical (unpaired) electrons. The van der Waals surface area contributed by atoms with Gasteiger partial charge in [-0.2, -0.15) is 8.42 Å². The molecule has 1 aromatic carbocycles. The molecule has 0 atom stereocenters. The Labute approximate surface area is 159 Å². The number of nitrogens with two attached hydrogens (primary N) is 1. The minimum atomic E-state index is -3.67. The second kappa shape index (κ2) is 9.67. The highest BCUT2D eigenvalue weighted by atomic mass is 32.2. The number of hydrogen-bond acceptors (Lipinski definition) is 6. The molecule has 0 unspecified atom stereocenters. The van der Waals surface area contributed by atoms with Crippen LogP contribution in [0.25, 0.3) is 0 Å². The van der Waals surface area contributed by atoms with Gasteiger partial charge in [0.25, 0.3) is 10.1 Å². The van der Waals surface area contributed by atoms with E-state index in [9.17, 15) is 21.6 Å². The lowest BCUT2D eigenvalue weighted by Crippen LogP contribution is -2.43. The maximum Gasteiger partial charge on any atom is 0.324 e. The highest BCUT2D eigenvalue weighted by molar-refractivity contribution is 7.90. The number of rotatable bonds is 4. The average Bonchev–Trinajstić information content (AvgIpc) is 2.48. The molecule has 0 aliphatic carbocycles. The van der Waals surface area contributed by atoms with E-state index in [4.69, 9.17) is 15.7 Å². The third-order valence-electron chi connectivity index (χ3n) is 3.21. The average molecular weight is 423 g/mol. The van der Waals surface area contributed by atoms with Crippen LogP contribution in [-0.4, -0.2) is 57.8 Å². The van der Waals surface area contributed by atoms with E-state index in [1.54, 1.807) is 18.2 Å². The Balaban J connectivity index is 0.00000119. The van der Waals surface area contributed by atoms with Gasteiger partial charge < -0.3 is 11.1 Å². The normalized spacial score (nSPS) is 11.4. The molecule has 5 N–H and O–H groups in total. The van der Waals surface area contributed by atoms with Gasteiger partial charge in [-0.1, -0.05) is 26.0 Å². The van der Waals surface area contributed by atoms with Crippen molar-refractivity contribution in [1.29, 1.82) is 5.41 Å². The minimum absolute atomic E-state index is 0.0808. The minimum Gasteiger partial charge on any atom is -0.370 e. The Kier molecular flexibility index (Phi) is 8.89. The molecule has 2 amide bonds. The maximum atomic E-state index is 11.9. The van der Waals surface area contributed by atoms with Crippen LogP contribution in [0.2, 0.25) is 0 Å². The second-order valence-corrected chi connectivity index (χ2v) is 9.59. The van der Waals surface area contributed by atoms with Gasteiger partial charge in [0.15, 0.2) is 15.8 Å². The first-order chi connectivity index (χ1) is 12.0. The van der Waals surface area contributed by atoms with Crippen LogP contribution in [0.4, 0.5) is 4.79 Å². The predicted molar refractivity (Wildman–Crippen MR) is 103 cm³/mol. The Morgan fingerprint density at radius 3 is 2.11 bits per heavy atom. The van der Waals surface area contributed by atoms with Crippen LogP contribution in [0.3, 0.4) is 0 Å². The Morgan fingerprint density at radius 2 is 1.74 bits per heavy atom. The summed E-state index contributed by atoms with van der Waals surface area (Å²) in [4.78, 5) is 12.9. The summed E-state index contributed by atoms with van der Waals surface area (Å²) < 4.78 is 49.7. The lowest BCUT2D eigenvalue weighted by molar-refractivity contribution is 0.225. The van der Waals surface area contributed by atoms with E-state index in [1.807, 2.05) is 13.8 Å². The largest absolute Gasteiger partial charge is 0.370 e. The smallest absolute Gasteiger partial charge is 0.324 e. The molecular formula is C15H26N4O6S2. The molecule has 0 fully saturated rings. The summed E-state index contributed by atoms with van der Waals surface area (Å²) in [5.41, 5.74) is 6.62. The summed E-state index contributed by atoms with van der Waals surface area (Å²) in [6.45, 7) is 4.00. The maximum absolute atomic E-state index is 11.9. The number of urea groups is 1. The molecular weight excluding hydrogens is 396 g/mol. The van der Waals surface area contributed by atoms with E-state index >= 15 is 0 Å². The molecule has 0 spiro atoms. The number of amides is 2. The zero-order chi connectivity index (χ0) is 21.6. The Hall–Kier alpha value is -2.18. The van der Waals surface area contributed by atoms with Gasteiger partial charge in [0, 0.05) is 19.8 Å². The van der Waals surface area contributed by atoms with Gasteiger partial charge in [0.1, 0.15) is 0 Å². The lowest BCUT2D eigenvalue weighted by Gasteiger charge is -2.17. The number of guanidine groups is 1. The summed E-state index contributed by atoms with van der Waals surface area (Å²) in [6, 6.07) is 4.58. The van der Waals surface area contributed by atoms with Crippen LogP contribution in [0.5, 0.6) is 0 Å². The summed E-state index contributed by atoms with van der Waals surface area (Å²) >= 11 is 0. The van der Waals surface area contributed by atoms with Crippen molar-refractivity contribution in [3.63, 3.8) is 0 Å². The van der Waals surface area contributed by atoms with Crippen LogP contribution >= 0.6 is 0 Å². The van der Waals surface area contributed by atoms with Crippen LogP contribution in [0.15, 0.2) is 23.1 Å². The van der Waals surface area contributed by atoms with Crippen LogP contribution in [0, 0.1) is 5.41 Å². The molecule has 0 saturated carbocycles. The van der Waals surface area contributed by atoms with Crippen molar-refractivity contribution in [2.24, 2.45) is 5.73 Å². The second-order valence-electron chi connectivity index (χ2n) is 6.14. The number of carbonyl (C=O) groups excluding carboxylic acids is 1. The zero-order valence-electron chi connectivity index (χ0n) is 15.8. The Morgan fingerprint density at radius 1 is 1.26 bits per heavy atom. The zero-order valence-corrected chi connectivity index (χ0v) is 17.5. The first-order valence-electron chi connectivity index (χ1n) is 7.65. The summed E-state index contributed by atoms with van der Waals surface area (Å²) in [5.74, 6) is -0.290. The number of hydrogen-bond donors (Lipinski definition) is 4. The topological polar surface area (TPSA) is 171 Å². The quantitative estimate of drug-likeness (QED) is 0.315. The summed E-state index contributed by atoms with van der Waals surface area (Å²) in [5, 5.41) is 9.75. The van der Waals surface area contributed by atoms with Gasteiger partial charge >= 0.3 is 6.03 Å². The molecule has 154 valence electrons. The first-order valence-corrected chi connectivity index (χ1v) is 11.4. The van der Waals surface area contributed by atoms with Crippen LogP contribution in [0.1, 0.15) is 30.9 Å². The predicted octanol–water partition coefficient (Wildman–Crippen LogP) is 0.752. The lowest BCUT2D eigenvalue weighted by atomic mass is 10.0. The third kappa shape index (κ3) is 9.92. The molecule has 12 heteroatoms. The van der Waals surface area contributed by atoms with Gasteiger partial charge in [0.2, 0.25) is 0 Å². The van der Waals surface area contributed by atoms with Crippen molar-refractivity contribution in [1.82, 2.24) is 10.2 Å². The number of sulfone groups is 1. The van der Waals surface area contributed by atoms with Crippen molar-refractivity contribution in [3.05, 3.63) is 29.3 Å². The molecule has 1 rings (SSSR count). The molecule has 0 saturated heterocycles.